The summed E-state index contributed by atoms with van der Waals surface area (Å²) in [5.74, 6) is 2.01. The average molecular weight is 164 g/mol. The third-order valence-electron chi connectivity index (χ3n) is 2.17. The number of aliphatic hydroxyl groups is 1. The van der Waals surface area contributed by atoms with Crippen LogP contribution in [0.5, 0.6) is 0 Å². The van der Waals surface area contributed by atoms with Crippen LogP contribution in [-0.4, -0.2) is 29.9 Å². The van der Waals surface area contributed by atoms with E-state index >= 15 is 0 Å². The molecule has 0 aromatic rings. The van der Waals surface area contributed by atoms with Crippen LogP contribution in [0.25, 0.3) is 0 Å². The van der Waals surface area contributed by atoms with E-state index in [0.29, 0.717) is 0 Å². The molecule has 0 unspecified atom stereocenters. The SMILES string of the molecule is OCC1(CF)CCSCC1. The van der Waals surface area contributed by atoms with Gasteiger partial charge in [-0.05, 0) is 24.3 Å². The number of rotatable bonds is 2. The third-order valence-corrected chi connectivity index (χ3v) is 3.16. The van der Waals surface area contributed by atoms with Crippen molar-refractivity contribution in [2.75, 3.05) is 24.8 Å². The fraction of sp³-hybridized carbons (Fsp3) is 1.00. The number of hydrogen-bond acceptors (Lipinski definition) is 2. The minimum absolute atomic E-state index is 0.0179. The van der Waals surface area contributed by atoms with E-state index in [9.17, 15) is 4.39 Å². The summed E-state index contributed by atoms with van der Waals surface area (Å²) in [7, 11) is 0. The minimum Gasteiger partial charge on any atom is -0.396 e. The molecule has 10 heavy (non-hydrogen) atoms. The fourth-order valence-corrected chi connectivity index (χ4v) is 2.50. The number of thioether (sulfide) groups is 1. The van der Waals surface area contributed by atoms with Crippen LogP contribution in [0.2, 0.25) is 0 Å². The molecule has 0 saturated carbocycles. The third kappa shape index (κ3) is 1.64. The summed E-state index contributed by atoms with van der Waals surface area (Å²) in [5.41, 5.74) is -0.370. The molecule has 0 aromatic carbocycles. The largest absolute Gasteiger partial charge is 0.396 e. The van der Waals surface area contributed by atoms with Gasteiger partial charge in [0.25, 0.3) is 0 Å². The average Bonchev–Trinajstić information content (AvgIpc) is 2.06. The van der Waals surface area contributed by atoms with Gasteiger partial charge in [-0.3, -0.25) is 4.39 Å². The quantitative estimate of drug-likeness (QED) is 0.666. The van der Waals surface area contributed by atoms with Gasteiger partial charge in [-0.25, -0.2) is 0 Å². The monoisotopic (exact) mass is 164 g/mol. The summed E-state index contributed by atoms with van der Waals surface area (Å²) < 4.78 is 12.4. The van der Waals surface area contributed by atoms with Gasteiger partial charge in [0.1, 0.15) is 0 Å². The highest BCUT2D eigenvalue weighted by Crippen LogP contribution is 2.34. The van der Waals surface area contributed by atoms with Crippen LogP contribution in [0.1, 0.15) is 12.8 Å². The molecule has 3 heteroatoms. The molecule has 0 radical (unpaired) electrons. The highest BCUT2D eigenvalue weighted by atomic mass is 32.2. The van der Waals surface area contributed by atoms with Crippen LogP contribution < -0.4 is 0 Å². The van der Waals surface area contributed by atoms with Crippen molar-refractivity contribution in [2.45, 2.75) is 12.8 Å². The predicted molar refractivity (Wildman–Crippen MR) is 42.1 cm³/mol. The molecule has 0 atom stereocenters. The lowest BCUT2D eigenvalue weighted by atomic mass is 9.84. The van der Waals surface area contributed by atoms with Crippen molar-refractivity contribution in [2.24, 2.45) is 5.41 Å². The van der Waals surface area contributed by atoms with Crippen molar-refractivity contribution in [3.63, 3.8) is 0 Å². The van der Waals surface area contributed by atoms with E-state index in [1.165, 1.54) is 0 Å². The number of hydrogen-bond donors (Lipinski definition) is 1. The van der Waals surface area contributed by atoms with Gasteiger partial charge in [0, 0.05) is 5.41 Å². The van der Waals surface area contributed by atoms with E-state index in [2.05, 4.69) is 0 Å². The zero-order valence-electron chi connectivity index (χ0n) is 5.98. The summed E-state index contributed by atoms with van der Waals surface area (Å²) in [6.45, 7) is -0.339. The van der Waals surface area contributed by atoms with E-state index in [1.54, 1.807) is 0 Å². The van der Waals surface area contributed by atoms with Crippen LogP contribution in [-0.2, 0) is 0 Å². The summed E-state index contributed by atoms with van der Waals surface area (Å²) in [4.78, 5) is 0. The Bertz CT molecular complexity index is 95.8. The molecule has 1 heterocycles. The molecule has 1 aliphatic rings. The lowest BCUT2D eigenvalue weighted by molar-refractivity contribution is 0.0851. The van der Waals surface area contributed by atoms with Crippen molar-refractivity contribution in [1.82, 2.24) is 0 Å². The lowest BCUT2D eigenvalue weighted by Crippen LogP contribution is -2.32. The van der Waals surface area contributed by atoms with Gasteiger partial charge in [0.2, 0.25) is 0 Å². The summed E-state index contributed by atoms with van der Waals surface area (Å²) in [6, 6.07) is 0. The van der Waals surface area contributed by atoms with Crippen molar-refractivity contribution < 1.29 is 9.50 Å². The normalized spacial score (nSPS) is 24.6. The Morgan fingerprint density at radius 3 is 2.30 bits per heavy atom. The maximum Gasteiger partial charge on any atom is 0.0973 e. The Labute approximate surface area is 65.0 Å². The smallest absolute Gasteiger partial charge is 0.0973 e. The van der Waals surface area contributed by atoms with Crippen LogP contribution in [0.3, 0.4) is 0 Å². The first-order valence-corrected chi connectivity index (χ1v) is 4.73. The second kappa shape index (κ2) is 3.58. The zero-order valence-corrected chi connectivity index (χ0v) is 6.79. The molecule has 1 nitrogen and oxygen atoms in total. The van der Waals surface area contributed by atoms with E-state index in [1.807, 2.05) is 11.8 Å². The Balaban J connectivity index is 2.44. The first-order chi connectivity index (χ1) is 4.83. The van der Waals surface area contributed by atoms with Gasteiger partial charge in [-0.1, -0.05) is 0 Å². The Morgan fingerprint density at radius 2 is 2.00 bits per heavy atom. The van der Waals surface area contributed by atoms with Crippen molar-refractivity contribution in [3.8, 4) is 0 Å². The molecule has 60 valence electrons. The second-order valence-electron chi connectivity index (χ2n) is 2.90. The fourth-order valence-electron chi connectivity index (χ4n) is 1.14. The molecule has 0 aliphatic carbocycles. The summed E-state index contributed by atoms with van der Waals surface area (Å²) >= 11 is 1.85. The van der Waals surface area contributed by atoms with Crippen LogP contribution in [0.4, 0.5) is 4.39 Å². The molecule has 0 spiro atoms. The first kappa shape index (κ1) is 8.34. The van der Waals surface area contributed by atoms with Crippen LogP contribution >= 0.6 is 11.8 Å². The highest BCUT2D eigenvalue weighted by Gasteiger charge is 2.31. The van der Waals surface area contributed by atoms with Gasteiger partial charge >= 0.3 is 0 Å². The molecular formula is C7H13FOS. The van der Waals surface area contributed by atoms with Gasteiger partial charge in [-0.2, -0.15) is 11.8 Å². The van der Waals surface area contributed by atoms with Gasteiger partial charge < -0.3 is 5.11 Å². The number of alkyl halides is 1. The molecule has 1 aliphatic heterocycles. The Kier molecular flexibility index (Phi) is 2.98. The van der Waals surface area contributed by atoms with Crippen molar-refractivity contribution in [1.29, 1.82) is 0 Å². The molecule has 0 amide bonds. The maximum atomic E-state index is 12.4. The molecule has 1 N–H and O–H groups in total. The van der Waals surface area contributed by atoms with Gasteiger partial charge in [0.05, 0.1) is 13.3 Å². The van der Waals surface area contributed by atoms with E-state index in [0.717, 1.165) is 24.3 Å². The lowest BCUT2D eigenvalue weighted by Gasteiger charge is -2.32. The van der Waals surface area contributed by atoms with Crippen LogP contribution in [0, 0.1) is 5.41 Å². The summed E-state index contributed by atoms with van der Waals surface area (Å²) in [5, 5.41) is 8.89. The molecule has 1 rings (SSSR count). The van der Waals surface area contributed by atoms with E-state index in [4.69, 9.17) is 5.11 Å². The summed E-state index contributed by atoms with van der Waals surface area (Å²) in [6.07, 6.45) is 1.68. The van der Waals surface area contributed by atoms with E-state index in [-0.39, 0.29) is 18.7 Å². The molecule has 1 saturated heterocycles. The van der Waals surface area contributed by atoms with Crippen molar-refractivity contribution in [3.05, 3.63) is 0 Å². The number of aliphatic hydroxyl groups excluding tert-OH is 1. The van der Waals surface area contributed by atoms with E-state index < -0.39 is 0 Å². The maximum absolute atomic E-state index is 12.4. The predicted octanol–water partition coefficient (Wildman–Crippen LogP) is 1.46. The van der Waals surface area contributed by atoms with Crippen LogP contribution in [0.15, 0.2) is 0 Å². The molecule has 0 aromatic heterocycles. The topological polar surface area (TPSA) is 20.2 Å². The van der Waals surface area contributed by atoms with Gasteiger partial charge in [0.15, 0.2) is 0 Å². The Morgan fingerprint density at radius 1 is 1.40 bits per heavy atom. The molecule has 1 fully saturated rings. The highest BCUT2D eigenvalue weighted by molar-refractivity contribution is 7.99. The standard InChI is InChI=1S/C7H13FOS/c8-5-7(6-9)1-3-10-4-2-7/h9H,1-6H2. The van der Waals surface area contributed by atoms with Crippen molar-refractivity contribution >= 4 is 11.8 Å². The Hall–Kier alpha value is 0.240. The minimum atomic E-state index is -0.370. The molecular weight excluding hydrogens is 151 g/mol. The first-order valence-electron chi connectivity index (χ1n) is 3.58. The molecule has 0 bridgehead atoms. The second-order valence-corrected chi connectivity index (χ2v) is 4.13. The number of halogens is 1. The zero-order chi connectivity index (χ0) is 7.45. The van der Waals surface area contributed by atoms with Gasteiger partial charge in [-0.15, -0.1) is 0 Å².